The van der Waals surface area contributed by atoms with Gasteiger partial charge < -0.3 is 10.1 Å². The lowest BCUT2D eigenvalue weighted by Gasteiger charge is -2.59. The maximum atomic E-state index is 5.33. The van der Waals surface area contributed by atoms with Crippen LogP contribution in [0.25, 0.3) is 0 Å². The van der Waals surface area contributed by atoms with Gasteiger partial charge in [0.25, 0.3) is 0 Å². The molecular formula is C24H29NO. The summed E-state index contributed by atoms with van der Waals surface area (Å²) in [6.45, 7) is 0. The molecule has 6 rings (SSSR count). The summed E-state index contributed by atoms with van der Waals surface area (Å²) in [4.78, 5) is 0. The Hall–Kier alpha value is -1.96. The lowest BCUT2D eigenvalue weighted by Crippen LogP contribution is -2.50. The average molecular weight is 348 g/mol. The van der Waals surface area contributed by atoms with Gasteiger partial charge in [-0.3, -0.25) is 0 Å². The number of anilines is 1. The molecule has 4 aliphatic carbocycles. The van der Waals surface area contributed by atoms with Crippen LogP contribution in [0.3, 0.4) is 0 Å². The predicted octanol–water partition coefficient (Wildman–Crippen LogP) is 6.06. The number of benzene rings is 2. The minimum atomic E-state index is 0.408. The van der Waals surface area contributed by atoms with E-state index < -0.39 is 0 Å². The summed E-state index contributed by atoms with van der Waals surface area (Å²) in [6, 6.07) is 20.0. The van der Waals surface area contributed by atoms with Gasteiger partial charge in [0, 0.05) is 5.69 Å². The lowest BCUT2D eigenvalue weighted by molar-refractivity contribution is -0.0639. The van der Waals surface area contributed by atoms with Crippen LogP contribution in [0, 0.1) is 23.2 Å². The van der Waals surface area contributed by atoms with Crippen molar-refractivity contribution in [3.05, 3.63) is 60.2 Å². The lowest BCUT2D eigenvalue weighted by atomic mass is 9.47. The Balaban J connectivity index is 1.50. The van der Waals surface area contributed by atoms with Gasteiger partial charge in [0.2, 0.25) is 0 Å². The van der Waals surface area contributed by atoms with Gasteiger partial charge in [0.1, 0.15) is 5.75 Å². The molecule has 0 unspecified atom stereocenters. The molecule has 26 heavy (non-hydrogen) atoms. The molecule has 4 aliphatic rings. The highest BCUT2D eigenvalue weighted by molar-refractivity contribution is 5.49. The van der Waals surface area contributed by atoms with Crippen LogP contribution in [0.5, 0.6) is 5.75 Å². The predicted molar refractivity (Wildman–Crippen MR) is 106 cm³/mol. The standard InChI is InChI=1S/C24H29NO/c1-26-22-9-7-21(8-10-22)25-23(20-5-3-2-4-6-20)24-14-17-11-18(15-24)13-19(12-17)16-24/h2-10,17-19,23,25H,11-16H2,1H3/t17?,18?,19?,23-,24?/m1/s1. The monoisotopic (exact) mass is 347 g/mol. The van der Waals surface area contributed by atoms with Crippen LogP contribution in [0.2, 0.25) is 0 Å². The largest absolute Gasteiger partial charge is 0.497 e. The van der Waals surface area contributed by atoms with Crippen molar-refractivity contribution in [3.63, 3.8) is 0 Å². The van der Waals surface area contributed by atoms with E-state index in [4.69, 9.17) is 4.74 Å². The number of ether oxygens (including phenoxy) is 1. The normalized spacial score (nSPS) is 33.0. The second-order valence-corrected chi connectivity index (χ2v) is 9.00. The van der Waals surface area contributed by atoms with Crippen LogP contribution < -0.4 is 10.1 Å². The molecule has 0 aromatic heterocycles. The van der Waals surface area contributed by atoms with Gasteiger partial charge in [-0.05, 0) is 91.5 Å². The average Bonchev–Trinajstić information content (AvgIpc) is 2.66. The Morgan fingerprint density at radius 1 is 0.846 bits per heavy atom. The van der Waals surface area contributed by atoms with Gasteiger partial charge in [-0.2, -0.15) is 0 Å². The van der Waals surface area contributed by atoms with Gasteiger partial charge in [-0.15, -0.1) is 0 Å². The van der Waals surface area contributed by atoms with E-state index in [1.807, 2.05) is 0 Å². The Morgan fingerprint density at radius 3 is 1.96 bits per heavy atom. The molecule has 4 saturated carbocycles. The van der Waals surface area contributed by atoms with E-state index in [1.54, 1.807) is 7.11 Å². The second kappa shape index (κ2) is 6.33. The molecule has 2 aromatic carbocycles. The molecule has 4 bridgehead atoms. The molecule has 0 saturated heterocycles. The van der Waals surface area contributed by atoms with Crippen LogP contribution >= 0.6 is 0 Å². The van der Waals surface area contributed by atoms with Crippen molar-refractivity contribution in [2.45, 2.75) is 44.6 Å². The third-order valence-corrected chi connectivity index (χ3v) is 7.23. The van der Waals surface area contributed by atoms with Gasteiger partial charge in [-0.25, -0.2) is 0 Å². The Morgan fingerprint density at radius 2 is 1.42 bits per heavy atom. The number of hydrogen-bond donors (Lipinski definition) is 1. The van der Waals surface area contributed by atoms with Gasteiger partial charge in [-0.1, -0.05) is 30.3 Å². The maximum Gasteiger partial charge on any atom is 0.119 e. The Bertz CT molecular complexity index is 716. The zero-order valence-corrected chi connectivity index (χ0v) is 15.7. The molecule has 2 nitrogen and oxygen atoms in total. The molecule has 0 heterocycles. The zero-order valence-electron chi connectivity index (χ0n) is 15.7. The second-order valence-electron chi connectivity index (χ2n) is 9.00. The molecule has 136 valence electrons. The molecule has 0 spiro atoms. The van der Waals surface area contributed by atoms with Crippen molar-refractivity contribution < 1.29 is 4.74 Å². The van der Waals surface area contributed by atoms with Crippen molar-refractivity contribution in [1.82, 2.24) is 0 Å². The van der Waals surface area contributed by atoms with Crippen LogP contribution in [0.15, 0.2) is 54.6 Å². The van der Waals surface area contributed by atoms with E-state index in [2.05, 4.69) is 59.9 Å². The van der Waals surface area contributed by atoms with Crippen molar-refractivity contribution in [1.29, 1.82) is 0 Å². The van der Waals surface area contributed by atoms with Crippen molar-refractivity contribution in [2.75, 3.05) is 12.4 Å². The minimum absolute atomic E-state index is 0.408. The van der Waals surface area contributed by atoms with E-state index >= 15 is 0 Å². The summed E-state index contributed by atoms with van der Waals surface area (Å²) in [5.74, 6) is 3.81. The highest BCUT2D eigenvalue weighted by Gasteiger charge is 2.54. The van der Waals surface area contributed by atoms with Crippen LogP contribution in [0.4, 0.5) is 5.69 Å². The fraction of sp³-hybridized carbons (Fsp3) is 0.500. The molecule has 2 aromatic rings. The van der Waals surface area contributed by atoms with Crippen molar-refractivity contribution >= 4 is 5.69 Å². The summed E-state index contributed by atoms with van der Waals surface area (Å²) in [5.41, 5.74) is 3.08. The van der Waals surface area contributed by atoms with Crippen molar-refractivity contribution in [2.24, 2.45) is 23.2 Å². The first kappa shape index (κ1) is 16.2. The molecule has 0 amide bonds. The summed E-state index contributed by atoms with van der Waals surface area (Å²) >= 11 is 0. The molecule has 1 N–H and O–H groups in total. The first-order valence-electron chi connectivity index (χ1n) is 10.2. The highest BCUT2D eigenvalue weighted by Crippen LogP contribution is 2.64. The molecule has 1 atom stereocenters. The van der Waals surface area contributed by atoms with Crippen LogP contribution in [0.1, 0.15) is 50.1 Å². The topological polar surface area (TPSA) is 21.3 Å². The Kier molecular flexibility index (Phi) is 3.95. The Labute approximate surface area is 157 Å². The van der Waals surface area contributed by atoms with Crippen molar-refractivity contribution in [3.8, 4) is 5.75 Å². The third kappa shape index (κ3) is 2.80. The maximum absolute atomic E-state index is 5.33. The van der Waals surface area contributed by atoms with Crippen LogP contribution in [-0.4, -0.2) is 7.11 Å². The number of methoxy groups -OCH3 is 1. The number of rotatable bonds is 5. The van der Waals surface area contributed by atoms with Gasteiger partial charge >= 0.3 is 0 Å². The van der Waals surface area contributed by atoms with Gasteiger partial charge in [0.05, 0.1) is 13.2 Å². The van der Waals surface area contributed by atoms with E-state index in [9.17, 15) is 0 Å². The summed E-state index contributed by atoms with van der Waals surface area (Å²) in [7, 11) is 1.73. The van der Waals surface area contributed by atoms with E-state index in [1.165, 1.54) is 49.8 Å². The molecular weight excluding hydrogens is 318 g/mol. The molecule has 2 heteroatoms. The molecule has 4 fully saturated rings. The summed E-state index contributed by atoms with van der Waals surface area (Å²) in [6.07, 6.45) is 8.68. The molecule has 0 radical (unpaired) electrons. The summed E-state index contributed by atoms with van der Waals surface area (Å²) in [5, 5.41) is 3.95. The van der Waals surface area contributed by atoms with E-state index in [0.717, 1.165) is 23.5 Å². The summed E-state index contributed by atoms with van der Waals surface area (Å²) < 4.78 is 5.33. The van der Waals surface area contributed by atoms with E-state index in [-0.39, 0.29) is 0 Å². The SMILES string of the molecule is COc1ccc(N[C@H](c2ccccc2)C23CC4CC(CC(C4)C2)C3)cc1. The zero-order chi connectivity index (χ0) is 17.6. The van der Waals surface area contributed by atoms with Crippen LogP contribution in [-0.2, 0) is 0 Å². The first-order valence-corrected chi connectivity index (χ1v) is 10.2. The van der Waals surface area contributed by atoms with Gasteiger partial charge in [0.15, 0.2) is 0 Å². The third-order valence-electron chi connectivity index (χ3n) is 7.23. The minimum Gasteiger partial charge on any atom is -0.497 e. The number of hydrogen-bond acceptors (Lipinski definition) is 2. The fourth-order valence-electron chi connectivity index (χ4n) is 6.62. The highest BCUT2D eigenvalue weighted by atomic mass is 16.5. The smallest absolute Gasteiger partial charge is 0.119 e. The fourth-order valence-corrected chi connectivity index (χ4v) is 6.62. The quantitative estimate of drug-likeness (QED) is 0.709. The molecule has 0 aliphatic heterocycles. The first-order chi connectivity index (χ1) is 12.7. The number of nitrogens with one attached hydrogen (secondary N) is 1. The van der Waals surface area contributed by atoms with E-state index in [0.29, 0.717) is 11.5 Å².